The third-order valence-corrected chi connectivity index (χ3v) is 4.42. The second-order valence-electron chi connectivity index (χ2n) is 5.35. The number of benzene rings is 2. The van der Waals surface area contributed by atoms with Crippen LogP contribution >= 0.6 is 11.7 Å². The molecule has 112 valence electrons. The topological polar surface area (TPSA) is 54.9 Å². The maximum absolute atomic E-state index is 12.3. The van der Waals surface area contributed by atoms with E-state index in [-0.39, 0.29) is 5.91 Å². The lowest BCUT2D eigenvalue weighted by Crippen LogP contribution is -2.11. The van der Waals surface area contributed by atoms with Gasteiger partial charge in [0.25, 0.3) is 5.91 Å². The molecule has 5 heteroatoms. The van der Waals surface area contributed by atoms with Crippen molar-refractivity contribution in [3.8, 4) is 0 Å². The van der Waals surface area contributed by atoms with Crippen LogP contribution in [-0.4, -0.2) is 14.7 Å². The molecular formula is C17H17N3OS. The van der Waals surface area contributed by atoms with E-state index in [2.05, 4.69) is 40.0 Å². The molecule has 0 bridgehead atoms. The Hall–Kier alpha value is -2.27. The van der Waals surface area contributed by atoms with E-state index in [0.29, 0.717) is 11.5 Å². The molecule has 0 saturated carbocycles. The van der Waals surface area contributed by atoms with E-state index in [9.17, 15) is 4.79 Å². The van der Waals surface area contributed by atoms with E-state index in [1.807, 2.05) is 18.2 Å². The molecule has 3 aromatic rings. The summed E-state index contributed by atoms with van der Waals surface area (Å²) in [5.74, 6) is 0.399. The lowest BCUT2D eigenvalue weighted by Gasteiger charge is -2.10. The third-order valence-electron chi connectivity index (χ3n) is 3.87. The summed E-state index contributed by atoms with van der Waals surface area (Å²) in [6.45, 7) is 4.37. The van der Waals surface area contributed by atoms with Crippen LogP contribution in [0.15, 0.2) is 42.5 Å². The summed E-state index contributed by atoms with van der Waals surface area (Å²) in [7, 11) is 0. The Labute approximate surface area is 133 Å². The van der Waals surface area contributed by atoms with Gasteiger partial charge >= 0.3 is 0 Å². The van der Waals surface area contributed by atoms with Crippen LogP contribution in [-0.2, 0) is 0 Å². The fraction of sp³-hybridized carbons (Fsp3) is 0.235. The molecule has 4 nitrogen and oxygen atoms in total. The predicted molar refractivity (Wildman–Crippen MR) is 90.5 cm³/mol. The van der Waals surface area contributed by atoms with Crippen molar-refractivity contribution < 1.29 is 4.79 Å². The Kier molecular flexibility index (Phi) is 4.15. The number of amides is 1. The van der Waals surface area contributed by atoms with Gasteiger partial charge in [-0.2, -0.15) is 8.75 Å². The van der Waals surface area contributed by atoms with Crippen molar-refractivity contribution in [2.75, 3.05) is 5.32 Å². The minimum atomic E-state index is -0.133. The number of carbonyl (C=O) groups excluding carboxylic acids is 1. The number of hydrogen-bond acceptors (Lipinski definition) is 4. The van der Waals surface area contributed by atoms with Crippen molar-refractivity contribution in [3.63, 3.8) is 0 Å². The fourth-order valence-electron chi connectivity index (χ4n) is 2.26. The molecule has 1 N–H and O–H groups in total. The quantitative estimate of drug-likeness (QED) is 0.774. The molecule has 0 aliphatic rings. The Morgan fingerprint density at radius 2 is 1.86 bits per heavy atom. The summed E-state index contributed by atoms with van der Waals surface area (Å²) in [6.07, 6.45) is 1.10. The lowest BCUT2D eigenvalue weighted by atomic mass is 9.98. The summed E-state index contributed by atoms with van der Waals surface area (Å²) in [5.41, 5.74) is 4.25. The first-order valence-corrected chi connectivity index (χ1v) is 8.04. The largest absolute Gasteiger partial charge is 0.322 e. The Bertz CT molecular complexity index is 795. The fourth-order valence-corrected chi connectivity index (χ4v) is 2.77. The lowest BCUT2D eigenvalue weighted by molar-refractivity contribution is 0.102. The van der Waals surface area contributed by atoms with Crippen molar-refractivity contribution in [2.45, 2.75) is 26.2 Å². The van der Waals surface area contributed by atoms with Crippen LogP contribution in [0.4, 0.5) is 5.69 Å². The first-order valence-electron chi connectivity index (χ1n) is 7.31. The minimum absolute atomic E-state index is 0.133. The summed E-state index contributed by atoms with van der Waals surface area (Å²) in [6, 6.07) is 13.4. The van der Waals surface area contributed by atoms with Gasteiger partial charge < -0.3 is 5.32 Å². The van der Waals surface area contributed by atoms with Crippen LogP contribution in [0.25, 0.3) is 11.0 Å². The summed E-state index contributed by atoms with van der Waals surface area (Å²) in [5, 5.41) is 2.92. The Morgan fingerprint density at radius 1 is 1.14 bits per heavy atom. The molecule has 0 aliphatic heterocycles. The average Bonchev–Trinajstić information content (AvgIpc) is 3.02. The Morgan fingerprint density at radius 3 is 2.59 bits per heavy atom. The average molecular weight is 311 g/mol. The van der Waals surface area contributed by atoms with Crippen molar-refractivity contribution >= 4 is 34.4 Å². The van der Waals surface area contributed by atoms with E-state index in [1.165, 1.54) is 5.56 Å². The van der Waals surface area contributed by atoms with Gasteiger partial charge in [-0.1, -0.05) is 26.0 Å². The van der Waals surface area contributed by atoms with Crippen molar-refractivity contribution in [2.24, 2.45) is 0 Å². The molecule has 3 rings (SSSR count). The van der Waals surface area contributed by atoms with Gasteiger partial charge in [-0.15, -0.1) is 0 Å². The number of fused-ring (bicyclic) bond motifs is 1. The first kappa shape index (κ1) is 14.7. The highest BCUT2D eigenvalue weighted by Gasteiger charge is 2.09. The van der Waals surface area contributed by atoms with Gasteiger partial charge in [0.2, 0.25) is 0 Å². The Balaban J connectivity index is 1.75. The molecule has 0 fully saturated rings. The molecule has 1 aromatic heterocycles. The normalized spacial score (nSPS) is 12.3. The number of nitrogens with one attached hydrogen (secondary N) is 1. The van der Waals surface area contributed by atoms with Gasteiger partial charge in [0, 0.05) is 11.3 Å². The highest BCUT2D eigenvalue weighted by molar-refractivity contribution is 7.00. The van der Waals surface area contributed by atoms with Crippen molar-refractivity contribution in [1.29, 1.82) is 0 Å². The monoisotopic (exact) mass is 311 g/mol. The molecule has 22 heavy (non-hydrogen) atoms. The van der Waals surface area contributed by atoms with Crippen molar-refractivity contribution in [3.05, 3.63) is 53.6 Å². The van der Waals surface area contributed by atoms with Gasteiger partial charge in [0.15, 0.2) is 0 Å². The maximum Gasteiger partial charge on any atom is 0.255 e. The number of nitrogens with zero attached hydrogens (tertiary/aromatic N) is 2. The SMILES string of the molecule is CC[C@H](C)c1ccc(NC(=O)c2ccc3nsnc3c2)cc1. The van der Waals surface area contributed by atoms with Gasteiger partial charge in [0.1, 0.15) is 11.0 Å². The van der Waals surface area contributed by atoms with E-state index < -0.39 is 0 Å². The standard InChI is InChI=1S/C17H17N3OS/c1-3-11(2)12-4-7-14(8-5-12)18-17(21)13-6-9-15-16(10-13)20-22-19-15/h4-11H,3H2,1-2H3,(H,18,21)/t11-/m0/s1. The smallest absolute Gasteiger partial charge is 0.255 e. The van der Waals surface area contributed by atoms with Crippen LogP contribution in [0.5, 0.6) is 0 Å². The van der Waals surface area contributed by atoms with E-state index in [0.717, 1.165) is 34.9 Å². The second kappa shape index (κ2) is 6.23. The van der Waals surface area contributed by atoms with E-state index in [4.69, 9.17) is 0 Å². The summed E-state index contributed by atoms with van der Waals surface area (Å²) < 4.78 is 8.30. The number of hydrogen-bond donors (Lipinski definition) is 1. The van der Waals surface area contributed by atoms with E-state index >= 15 is 0 Å². The van der Waals surface area contributed by atoms with Gasteiger partial charge in [-0.05, 0) is 48.2 Å². The molecule has 1 heterocycles. The molecule has 0 radical (unpaired) electrons. The summed E-state index contributed by atoms with van der Waals surface area (Å²) in [4.78, 5) is 12.3. The molecule has 1 atom stereocenters. The third kappa shape index (κ3) is 2.99. The molecule has 0 unspecified atom stereocenters. The second-order valence-corrected chi connectivity index (χ2v) is 5.88. The molecule has 0 saturated heterocycles. The van der Waals surface area contributed by atoms with Gasteiger partial charge in [-0.3, -0.25) is 4.79 Å². The van der Waals surface area contributed by atoms with Crippen LogP contribution < -0.4 is 5.32 Å². The first-order chi connectivity index (χ1) is 10.7. The molecular weight excluding hydrogens is 294 g/mol. The van der Waals surface area contributed by atoms with Crippen LogP contribution in [0.1, 0.15) is 42.1 Å². The summed E-state index contributed by atoms with van der Waals surface area (Å²) >= 11 is 1.15. The number of aromatic nitrogens is 2. The molecule has 2 aromatic carbocycles. The van der Waals surface area contributed by atoms with E-state index in [1.54, 1.807) is 12.1 Å². The van der Waals surface area contributed by atoms with Crippen LogP contribution in [0.2, 0.25) is 0 Å². The molecule has 0 aliphatic carbocycles. The highest BCUT2D eigenvalue weighted by atomic mass is 32.1. The zero-order chi connectivity index (χ0) is 15.5. The molecule has 1 amide bonds. The minimum Gasteiger partial charge on any atom is -0.322 e. The zero-order valence-electron chi connectivity index (χ0n) is 12.5. The van der Waals surface area contributed by atoms with Crippen LogP contribution in [0.3, 0.4) is 0 Å². The molecule has 0 spiro atoms. The van der Waals surface area contributed by atoms with Gasteiger partial charge in [0.05, 0.1) is 11.7 Å². The number of carbonyl (C=O) groups is 1. The zero-order valence-corrected chi connectivity index (χ0v) is 13.4. The number of anilines is 1. The van der Waals surface area contributed by atoms with Crippen molar-refractivity contribution in [1.82, 2.24) is 8.75 Å². The van der Waals surface area contributed by atoms with Gasteiger partial charge in [-0.25, -0.2) is 0 Å². The predicted octanol–water partition coefficient (Wildman–Crippen LogP) is 4.46. The highest BCUT2D eigenvalue weighted by Crippen LogP contribution is 2.21. The van der Waals surface area contributed by atoms with Crippen LogP contribution in [0, 0.1) is 0 Å². The number of rotatable bonds is 4. The maximum atomic E-state index is 12.3.